The molecule has 0 aliphatic carbocycles. The lowest BCUT2D eigenvalue weighted by atomic mass is 10.0. The molecule has 0 N–H and O–H groups in total. The molecule has 0 bridgehead atoms. The average Bonchev–Trinajstić information content (AvgIpc) is 3.69. The van der Waals surface area contributed by atoms with Gasteiger partial charge in [-0.15, -0.1) is 0 Å². The molecule has 50 heavy (non-hydrogen) atoms. The number of benzene rings is 8. The van der Waals surface area contributed by atoms with Crippen LogP contribution in [0.25, 0.3) is 99.0 Å². The van der Waals surface area contributed by atoms with Gasteiger partial charge in [0.05, 0.1) is 33.1 Å². The SMILES string of the molecule is c1ccc(-c2nc3ccccc3nc2-n2c3ccc(-n4c5ccccc5c5c6ccccc6ccc54)cc3c3cc4ccccc4cc32)cc1. The van der Waals surface area contributed by atoms with E-state index in [0.717, 1.165) is 44.8 Å². The Balaban J connectivity index is 1.27. The van der Waals surface area contributed by atoms with E-state index in [4.69, 9.17) is 9.97 Å². The summed E-state index contributed by atoms with van der Waals surface area (Å²) in [6.07, 6.45) is 0. The Kier molecular flexibility index (Phi) is 5.63. The summed E-state index contributed by atoms with van der Waals surface area (Å²) in [6, 6.07) is 60.7. The van der Waals surface area contributed by atoms with Crippen LogP contribution in [0.5, 0.6) is 0 Å². The zero-order valence-corrected chi connectivity index (χ0v) is 27.0. The van der Waals surface area contributed by atoms with Crippen molar-refractivity contribution in [2.45, 2.75) is 0 Å². The molecule has 0 radical (unpaired) electrons. The molecule has 4 heteroatoms. The van der Waals surface area contributed by atoms with Gasteiger partial charge in [-0.3, -0.25) is 4.57 Å². The number of hydrogen-bond donors (Lipinski definition) is 0. The average molecular weight is 637 g/mol. The van der Waals surface area contributed by atoms with Crippen molar-refractivity contribution < 1.29 is 0 Å². The van der Waals surface area contributed by atoms with Crippen LogP contribution in [-0.2, 0) is 0 Å². The maximum Gasteiger partial charge on any atom is 0.165 e. The Bertz CT molecular complexity index is 3150. The van der Waals surface area contributed by atoms with Gasteiger partial charge < -0.3 is 4.57 Å². The molecule has 0 spiro atoms. The molecule has 4 nitrogen and oxygen atoms in total. The monoisotopic (exact) mass is 636 g/mol. The third-order valence-corrected chi connectivity index (χ3v) is 10.2. The molecule has 0 atom stereocenters. The van der Waals surface area contributed by atoms with E-state index in [1.54, 1.807) is 0 Å². The lowest BCUT2D eigenvalue weighted by molar-refractivity contribution is 1.08. The number of nitrogens with zero attached hydrogens (tertiary/aromatic N) is 4. The van der Waals surface area contributed by atoms with Gasteiger partial charge in [0, 0.05) is 32.8 Å². The van der Waals surface area contributed by atoms with E-state index in [2.05, 4.69) is 149 Å². The summed E-state index contributed by atoms with van der Waals surface area (Å²) >= 11 is 0. The van der Waals surface area contributed by atoms with Crippen LogP contribution >= 0.6 is 0 Å². The molecule has 3 heterocycles. The number of aromatic nitrogens is 4. The number of fused-ring (bicyclic) bond motifs is 10. The van der Waals surface area contributed by atoms with E-state index in [-0.39, 0.29) is 0 Å². The standard InChI is InChI=1S/C46H28N4/c1-2-13-30(14-3-1)45-46(48-39-20-10-9-19-38(39)47-45)50-41-25-23-33(28-37(41)36-26-31-15-4-5-16-32(31)27-43(36)50)49-40-21-11-8-18-35(40)44-34-17-7-6-12-29(34)22-24-42(44)49/h1-28H. The quantitative estimate of drug-likeness (QED) is 0.193. The van der Waals surface area contributed by atoms with Gasteiger partial charge in [0.15, 0.2) is 5.82 Å². The summed E-state index contributed by atoms with van der Waals surface area (Å²) < 4.78 is 4.74. The fraction of sp³-hybridized carbons (Fsp3) is 0. The Morgan fingerprint density at radius 2 is 0.980 bits per heavy atom. The molecule has 0 saturated heterocycles. The molecular formula is C46H28N4. The Labute approximate surface area is 287 Å². The van der Waals surface area contributed by atoms with Gasteiger partial charge in [0.2, 0.25) is 0 Å². The Hall–Kier alpha value is -6.78. The minimum atomic E-state index is 0.821. The molecule has 3 aromatic heterocycles. The Morgan fingerprint density at radius 1 is 0.360 bits per heavy atom. The van der Waals surface area contributed by atoms with E-state index in [9.17, 15) is 0 Å². The first-order chi connectivity index (χ1) is 24.8. The smallest absolute Gasteiger partial charge is 0.165 e. The van der Waals surface area contributed by atoms with Gasteiger partial charge in [-0.25, -0.2) is 9.97 Å². The molecule has 0 unspecified atom stereocenters. The van der Waals surface area contributed by atoms with E-state index in [1.165, 1.54) is 54.1 Å². The molecule has 11 rings (SSSR count). The number of hydrogen-bond acceptors (Lipinski definition) is 2. The highest BCUT2D eigenvalue weighted by Crippen LogP contribution is 2.41. The lowest BCUT2D eigenvalue weighted by Crippen LogP contribution is -2.03. The van der Waals surface area contributed by atoms with Gasteiger partial charge in [-0.05, 0) is 76.1 Å². The van der Waals surface area contributed by atoms with Crippen LogP contribution in [0.2, 0.25) is 0 Å². The van der Waals surface area contributed by atoms with Crippen molar-refractivity contribution in [3.63, 3.8) is 0 Å². The van der Waals surface area contributed by atoms with Gasteiger partial charge >= 0.3 is 0 Å². The lowest BCUT2D eigenvalue weighted by Gasteiger charge is -2.14. The second-order valence-corrected chi connectivity index (χ2v) is 13.0. The maximum absolute atomic E-state index is 5.35. The maximum atomic E-state index is 5.35. The fourth-order valence-corrected chi connectivity index (χ4v) is 8.01. The highest BCUT2D eigenvalue weighted by Gasteiger charge is 2.21. The van der Waals surface area contributed by atoms with Gasteiger partial charge in [0.1, 0.15) is 5.69 Å². The number of rotatable bonds is 3. The van der Waals surface area contributed by atoms with E-state index >= 15 is 0 Å². The summed E-state index contributed by atoms with van der Waals surface area (Å²) in [4.78, 5) is 10.6. The molecule has 0 amide bonds. The molecular weight excluding hydrogens is 609 g/mol. The predicted molar refractivity (Wildman–Crippen MR) is 209 cm³/mol. The highest BCUT2D eigenvalue weighted by molar-refractivity contribution is 6.21. The van der Waals surface area contributed by atoms with Crippen molar-refractivity contribution >= 4 is 76.2 Å². The van der Waals surface area contributed by atoms with Gasteiger partial charge in [-0.1, -0.05) is 115 Å². The van der Waals surface area contributed by atoms with E-state index in [0.29, 0.717) is 0 Å². The Morgan fingerprint density at radius 3 is 1.82 bits per heavy atom. The second-order valence-electron chi connectivity index (χ2n) is 13.0. The van der Waals surface area contributed by atoms with Crippen molar-refractivity contribution in [3.05, 3.63) is 170 Å². The normalized spacial score (nSPS) is 12.0. The predicted octanol–water partition coefficient (Wildman–Crippen LogP) is 11.8. The molecule has 8 aromatic carbocycles. The summed E-state index contributed by atoms with van der Waals surface area (Å²) in [5.41, 5.74) is 9.34. The summed E-state index contributed by atoms with van der Waals surface area (Å²) in [6.45, 7) is 0. The first-order valence-electron chi connectivity index (χ1n) is 17.0. The van der Waals surface area contributed by atoms with Crippen LogP contribution in [0.1, 0.15) is 0 Å². The zero-order chi connectivity index (χ0) is 32.8. The van der Waals surface area contributed by atoms with Crippen molar-refractivity contribution in [2.75, 3.05) is 0 Å². The topological polar surface area (TPSA) is 35.6 Å². The third kappa shape index (κ3) is 3.87. The molecule has 232 valence electrons. The molecule has 0 fully saturated rings. The van der Waals surface area contributed by atoms with Crippen LogP contribution < -0.4 is 0 Å². The van der Waals surface area contributed by atoms with Crippen LogP contribution in [0.4, 0.5) is 0 Å². The van der Waals surface area contributed by atoms with Gasteiger partial charge in [-0.2, -0.15) is 0 Å². The van der Waals surface area contributed by atoms with Gasteiger partial charge in [0.25, 0.3) is 0 Å². The second kappa shape index (κ2) is 10.4. The van der Waals surface area contributed by atoms with Crippen molar-refractivity contribution in [1.29, 1.82) is 0 Å². The summed E-state index contributed by atoms with van der Waals surface area (Å²) in [7, 11) is 0. The molecule has 11 aromatic rings. The van der Waals surface area contributed by atoms with E-state index < -0.39 is 0 Å². The minimum absolute atomic E-state index is 0.821. The van der Waals surface area contributed by atoms with Crippen LogP contribution in [0.15, 0.2) is 170 Å². The van der Waals surface area contributed by atoms with Crippen LogP contribution in [0, 0.1) is 0 Å². The van der Waals surface area contributed by atoms with Crippen LogP contribution in [0.3, 0.4) is 0 Å². The van der Waals surface area contributed by atoms with Crippen molar-refractivity contribution in [2.24, 2.45) is 0 Å². The minimum Gasteiger partial charge on any atom is -0.309 e. The molecule has 0 aliphatic rings. The first-order valence-corrected chi connectivity index (χ1v) is 17.0. The first kappa shape index (κ1) is 27.2. The largest absolute Gasteiger partial charge is 0.309 e. The molecule has 0 aliphatic heterocycles. The zero-order valence-electron chi connectivity index (χ0n) is 27.0. The third-order valence-electron chi connectivity index (χ3n) is 10.2. The fourth-order valence-electron chi connectivity index (χ4n) is 8.01. The number of para-hydroxylation sites is 3. The van der Waals surface area contributed by atoms with Crippen molar-refractivity contribution in [1.82, 2.24) is 19.1 Å². The van der Waals surface area contributed by atoms with Crippen molar-refractivity contribution in [3.8, 4) is 22.8 Å². The summed E-state index contributed by atoms with van der Waals surface area (Å²) in [5.74, 6) is 0.821. The van der Waals surface area contributed by atoms with E-state index in [1.807, 2.05) is 30.3 Å². The highest BCUT2D eigenvalue weighted by atomic mass is 15.1. The molecule has 0 saturated carbocycles. The summed E-state index contributed by atoms with van der Waals surface area (Å²) in [5, 5.41) is 9.81. The van der Waals surface area contributed by atoms with Crippen LogP contribution in [-0.4, -0.2) is 19.1 Å².